The van der Waals surface area contributed by atoms with Crippen molar-refractivity contribution >= 4 is 46.0 Å². The van der Waals surface area contributed by atoms with Gasteiger partial charge in [-0.2, -0.15) is 0 Å². The van der Waals surface area contributed by atoms with Crippen molar-refractivity contribution in [2.24, 2.45) is 4.99 Å². The fourth-order valence-corrected chi connectivity index (χ4v) is 6.92. The second-order valence-corrected chi connectivity index (χ2v) is 12.2. The number of carbonyl (C=O) groups is 1. The fraction of sp³-hybridized carbons (Fsp3) is 0.258. The molecule has 2 aromatic heterocycles. The summed E-state index contributed by atoms with van der Waals surface area (Å²) in [6.45, 7) is 10.1. The summed E-state index contributed by atoms with van der Waals surface area (Å²) in [5.41, 5.74) is 6.70. The van der Waals surface area contributed by atoms with Crippen molar-refractivity contribution in [1.82, 2.24) is 9.13 Å². The molecule has 0 unspecified atom stereocenters. The third-order valence-electron chi connectivity index (χ3n) is 7.40. The summed E-state index contributed by atoms with van der Waals surface area (Å²) in [5.74, 6) is 0.695. The van der Waals surface area contributed by atoms with E-state index < -0.39 is 12.0 Å². The van der Waals surface area contributed by atoms with E-state index in [9.17, 15) is 9.59 Å². The number of aromatic nitrogens is 2. The summed E-state index contributed by atoms with van der Waals surface area (Å²) in [5, 5.41) is 0. The van der Waals surface area contributed by atoms with Gasteiger partial charge in [0.15, 0.2) is 16.3 Å². The van der Waals surface area contributed by atoms with Gasteiger partial charge in [-0.25, -0.2) is 9.79 Å². The predicted octanol–water partition coefficient (Wildman–Crippen LogP) is 4.85. The zero-order valence-corrected chi connectivity index (χ0v) is 26.3. The number of fused-ring (bicyclic) bond motifs is 2. The van der Waals surface area contributed by atoms with Crippen molar-refractivity contribution in [3.8, 4) is 17.2 Å². The molecular formula is C31H28IN3O5S. The van der Waals surface area contributed by atoms with Crippen LogP contribution in [0, 0.1) is 24.3 Å². The molecule has 1 atom stereocenters. The molecule has 0 spiro atoms. The van der Waals surface area contributed by atoms with Crippen LogP contribution in [-0.4, -0.2) is 28.5 Å². The van der Waals surface area contributed by atoms with Crippen LogP contribution in [-0.2, 0) is 9.53 Å². The normalized spacial score (nSPS) is 16.1. The van der Waals surface area contributed by atoms with Gasteiger partial charge in [0, 0.05) is 20.6 Å². The highest BCUT2D eigenvalue weighted by molar-refractivity contribution is 14.1. The van der Waals surface area contributed by atoms with Gasteiger partial charge < -0.3 is 18.8 Å². The number of hydrogen-bond acceptors (Lipinski definition) is 7. The Morgan fingerprint density at radius 2 is 1.90 bits per heavy atom. The molecule has 41 heavy (non-hydrogen) atoms. The molecule has 4 aromatic rings. The van der Waals surface area contributed by atoms with E-state index in [1.807, 2.05) is 18.2 Å². The number of allylic oxidation sites excluding steroid dienone is 1. The molecule has 0 N–H and O–H groups in total. The Morgan fingerprint density at radius 3 is 2.66 bits per heavy atom. The topological polar surface area (TPSA) is 84.1 Å². The smallest absolute Gasteiger partial charge is 0.338 e. The number of ether oxygens (including phenoxy) is 3. The molecule has 6 rings (SSSR count). The van der Waals surface area contributed by atoms with Crippen LogP contribution >= 0.6 is 33.9 Å². The van der Waals surface area contributed by atoms with Gasteiger partial charge in [-0.15, -0.1) is 0 Å². The Labute approximate surface area is 254 Å². The molecular weight excluding hydrogens is 653 g/mol. The molecule has 0 aliphatic carbocycles. The third kappa shape index (κ3) is 4.72. The van der Waals surface area contributed by atoms with Crippen LogP contribution in [0.1, 0.15) is 48.0 Å². The minimum absolute atomic E-state index is 0.126. The van der Waals surface area contributed by atoms with E-state index in [0.717, 1.165) is 22.6 Å². The van der Waals surface area contributed by atoms with Gasteiger partial charge in [0.1, 0.15) is 0 Å². The Kier molecular flexibility index (Phi) is 7.14. The molecule has 0 saturated heterocycles. The van der Waals surface area contributed by atoms with Gasteiger partial charge >= 0.3 is 5.97 Å². The molecule has 8 nitrogen and oxygen atoms in total. The number of rotatable bonds is 5. The van der Waals surface area contributed by atoms with Crippen LogP contribution in [0.3, 0.4) is 0 Å². The van der Waals surface area contributed by atoms with Gasteiger partial charge in [0.05, 0.1) is 28.5 Å². The van der Waals surface area contributed by atoms with E-state index in [1.54, 1.807) is 24.5 Å². The van der Waals surface area contributed by atoms with Crippen LogP contribution in [0.5, 0.6) is 11.5 Å². The van der Waals surface area contributed by atoms with E-state index in [2.05, 4.69) is 72.2 Å². The molecule has 2 aliphatic heterocycles. The van der Waals surface area contributed by atoms with Crippen molar-refractivity contribution in [3.63, 3.8) is 0 Å². The predicted molar refractivity (Wildman–Crippen MR) is 166 cm³/mol. The average molecular weight is 682 g/mol. The van der Waals surface area contributed by atoms with Crippen LogP contribution in [0.15, 0.2) is 63.5 Å². The summed E-state index contributed by atoms with van der Waals surface area (Å²) < 4.78 is 22.0. The quantitative estimate of drug-likeness (QED) is 0.222. The molecule has 10 heteroatoms. The van der Waals surface area contributed by atoms with Crippen molar-refractivity contribution in [2.45, 2.75) is 40.7 Å². The first kappa shape index (κ1) is 27.5. The zero-order chi connectivity index (χ0) is 29.0. The van der Waals surface area contributed by atoms with Crippen molar-refractivity contribution in [2.75, 3.05) is 13.4 Å². The highest BCUT2D eigenvalue weighted by atomic mass is 127. The summed E-state index contributed by atoms with van der Waals surface area (Å²) in [6, 6.07) is 13.2. The number of thiazole rings is 1. The van der Waals surface area contributed by atoms with Crippen LogP contribution in [0.2, 0.25) is 0 Å². The maximum atomic E-state index is 14.1. The summed E-state index contributed by atoms with van der Waals surface area (Å²) in [4.78, 5) is 32.5. The molecule has 210 valence electrons. The first-order chi connectivity index (χ1) is 19.7. The lowest BCUT2D eigenvalue weighted by atomic mass is 9.95. The second-order valence-electron chi connectivity index (χ2n) is 10.0. The molecule has 0 fully saturated rings. The molecule has 0 radical (unpaired) electrons. The van der Waals surface area contributed by atoms with Gasteiger partial charge in [-0.1, -0.05) is 23.5 Å². The number of carbonyl (C=O) groups excluding carboxylic acids is 1. The highest BCUT2D eigenvalue weighted by Crippen LogP contribution is 2.38. The van der Waals surface area contributed by atoms with Gasteiger partial charge in [0.2, 0.25) is 6.79 Å². The van der Waals surface area contributed by atoms with E-state index in [0.29, 0.717) is 37.7 Å². The monoisotopic (exact) mass is 681 g/mol. The standard InChI is InChI=1S/C31H28IN3O5S/c1-6-38-30(37)27-18(4)33-31-35(28(27)20-8-10-24-25(12-20)40-15-39-24)29(36)26(41-31)13-21-11-17(3)34(19(21)5)22-9-7-16(2)23(32)14-22/h7-14,28H,6,15H2,1-5H3/b26-13+/t28-/m0/s1. The number of halogens is 1. The fourth-order valence-electron chi connectivity index (χ4n) is 5.38. The van der Waals surface area contributed by atoms with E-state index in [4.69, 9.17) is 19.2 Å². The summed E-state index contributed by atoms with van der Waals surface area (Å²) >= 11 is 3.66. The van der Waals surface area contributed by atoms with Crippen molar-refractivity contribution < 1.29 is 19.0 Å². The Morgan fingerprint density at radius 1 is 1.12 bits per heavy atom. The Balaban J connectivity index is 1.52. The van der Waals surface area contributed by atoms with Crippen LogP contribution in [0.4, 0.5) is 0 Å². The molecule has 4 heterocycles. The van der Waals surface area contributed by atoms with Gasteiger partial charge in [-0.05, 0) is 110 Å². The third-order valence-corrected chi connectivity index (χ3v) is 9.55. The number of esters is 1. The van der Waals surface area contributed by atoms with Gasteiger partial charge in [-0.3, -0.25) is 9.36 Å². The maximum Gasteiger partial charge on any atom is 0.338 e. The Hall–Kier alpha value is -3.64. The lowest BCUT2D eigenvalue weighted by Gasteiger charge is -2.24. The van der Waals surface area contributed by atoms with Gasteiger partial charge in [0.25, 0.3) is 5.56 Å². The lowest BCUT2D eigenvalue weighted by Crippen LogP contribution is -2.39. The molecule has 0 bridgehead atoms. The van der Waals surface area contributed by atoms with Crippen LogP contribution in [0.25, 0.3) is 11.8 Å². The first-order valence-corrected chi connectivity index (χ1v) is 15.1. The summed E-state index contributed by atoms with van der Waals surface area (Å²) in [7, 11) is 0. The molecule has 0 saturated carbocycles. The number of aryl methyl sites for hydroxylation is 2. The van der Waals surface area contributed by atoms with E-state index >= 15 is 0 Å². The van der Waals surface area contributed by atoms with Crippen LogP contribution < -0.4 is 24.4 Å². The molecule has 0 amide bonds. The molecule has 2 aromatic carbocycles. The number of nitrogens with zero attached hydrogens (tertiary/aromatic N) is 3. The average Bonchev–Trinajstić information content (AvgIpc) is 3.60. The largest absolute Gasteiger partial charge is 0.463 e. The minimum atomic E-state index is -0.719. The summed E-state index contributed by atoms with van der Waals surface area (Å²) in [6.07, 6.45) is 1.92. The SMILES string of the molecule is CCOC(=O)C1=C(C)N=c2s/c(=C/c3cc(C)n(-c4ccc(C)c(I)c4)c3C)c(=O)n2[C@H]1c1ccc2c(c1)OCO2. The molecule has 2 aliphatic rings. The number of benzene rings is 2. The minimum Gasteiger partial charge on any atom is -0.463 e. The van der Waals surface area contributed by atoms with E-state index in [-0.39, 0.29) is 19.0 Å². The number of hydrogen-bond donors (Lipinski definition) is 0. The first-order valence-electron chi connectivity index (χ1n) is 13.2. The second kappa shape index (κ2) is 10.6. The highest BCUT2D eigenvalue weighted by Gasteiger charge is 2.34. The zero-order valence-electron chi connectivity index (χ0n) is 23.3. The maximum absolute atomic E-state index is 14.1. The van der Waals surface area contributed by atoms with Crippen molar-refractivity contribution in [1.29, 1.82) is 0 Å². The lowest BCUT2D eigenvalue weighted by molar-refractivity contribution is -0.139. The Bertz CT molecular complexity index is 1950. The van der Waals surface area contributed by atoms with Crippen molar-refractivity contribution in [3.05, 3.63) is 105 Å². The van der Waals surface area contributed by atoms with E-state index in [1.165, 1.54) is 20.5 Å².